The third-order valence-electron chi connectivity index (χ3n) is 1.66. The molecule has 1 N–H and O–H groups in total. The molecule has 0 spiro atoms. The Morgan fingerprint density at radius 3 is 2.71 bits per heavy atom. The third kappa shape index (κ3) is 5.14. The molecule has 1 aromatic rings. The quantitative estimate of drug-likeness (QED) is 0.609. The summed E-state index contributed by atoms with van der Waals surface area (Å²) < 4.78 is 41.7. The number of hydrogen-bond donors (Lipinski definition) is 1. The molecule has 0 saturated carbocycles. The van der Waals surface area contributed by atoms with Gasteiger partial charge < -0.3 is 10.1 Å². The molecule has 0 aliphatic rings. The van der Waals surface area contributed by atoms with Gasteiger partial charge in [-0.05, 0) is 6.42 Å². The lowest BCUT2D eigenvalue weighted by atomic mass is 10.5. The molecule has 1 aromatic heterocycles. The van der Waals surface area contributed by atoms with E-state index in [4.69, 9.17) is 4.74 Å². The Hall–Kier alpha value is -1.15. The van der Waals surface area contributed by atoms with Crippen LogP contribution in [-0.4, -0.2) is 30.0 Å². The van der Waals surface area contributed by atoms with Crippen molar-refractivity contribution >= 4 is 16.5 Å². The van der Waals surface area contributed by atoms with Crippen molar-refractivity contribution in [2.24, 2.45) is 0 Å². The molecule has 0 aliphatic carbocycles. The number of rotatable bonds is 7. The summed E-state index contributed by atoms with van der Waals surface area (Å²) in [6, 6.07) is 0. The number of alkyl halides is 3. The smallest absolute Gasteiger partial charge is 0.379 e. The molecule has 0 aromatic carbocycles. The van der Waals surface area contributed by atoms with Crippen LogP contribution in [0.1, 0.15) is 11.4 Å². The number of ether oxygens (including phenoxy) is 1. The molecule has 4 nitrogen and oxygen atoms in total. The van der Waals surface area contributed by atoms with E-state index >= 15 is 0 Å². The first-order chi connectivity index (χ1) is 8.04. The maximum Gasteiger partial charge on any atom is 0.445 e. The molecule has 0 amide bonds. The second-order valence-corrected chi connectivity index (χ2v) is 4.00. The number of halogens is 3. The van der Waals surface area contributed by atoms with Crippen molar-refractivity contribution in [3.05, 3.63) is 17.7 Å². The predicted octanol–water partition coefficient (Wildman–Crippen LogP) is 2.56. The molecule has 0 atom stereocenters. The minimum atomic E-state index is -4.43. The standard InChI is InChI=1S/C9H12F3N3OS/c1-2-3-5-16-6-4-13-8-15-14-7(17-8)9(10,11)12/h2H,1,3-6H2,(H,13,15). The van der Waals surface area contributed by atoms with Crippen molar-refractivity contribution in [3.8, 4) is 0 Å². The van der Waals surface area contributed by atoms with E-state index in [1.165, 1.54) is 0 Å². The summed E-state index contributed by atoms with van der Waals surface area (Å²) in [5, 5.41) is 8.33. The number of nitrogens with one attached hydrogen (secondary N) is 1. The summed E-state index contributed by atoms with van der Waals surface area (Å²) in [6.45, 7) is 4.87. The van der Waals surface area contributed by atoms with Gasteiger partial charge in [0.1, 0.15) is 0 Å². The molecular formula is C9H12F3N3OS. The van der Waals surface area contributed by atoms with Crippen molar-refractivity contribution in [2.75, 3.05) is 25.1 Å². The van der Waals surface area contributed by atoms with Crippen molar-refractivity contribution in [3.63, 3.8) is 0 Å². The lowest BCUT2D eigenvalue weighted by Gasteiger charge is -2.02. The zero-order valence-electron chi connectivity index (χ0n) is 8.96. The second-order valence-electron chi connectivity index (χ2n) is 3.03. The fourth-order valence-corrected chi connectivity index (χ4v) is 1.54. The largest absolute Gasteiger partial charge is 0.445 e. The minimum absolute atomic E-state index is 0.143. The van der Waals surface area contributed by atoms with Gasteiger partial charge in [-0.1, -0.05) is 17.4 Å². The lowest BCUT2D eigenvalue weighted by Crippen LogP contribution is -2.09. The highest BCUT2D eigenvalue weighted by Gasteiger charge is 2.35. The first kappa shape index (κ1) is 13.9. The molecule has 0 radical (unpaired) electrons. The number of hydrogen-bond acceptors (Lipinski definition) is 5. The number of anilines is 1. The van der Waals surface area contributed by atoms with Crippen molar-refractivity contribution in [1.29, 1.82) is 0 Å². The van der Waals surface area contributed by atoms with Gasteiger partial charge in [0.2, 0.25) is 10.1 Å². The Morgan fingerprint density at radius 2 is 2.12 bits per heavy atom. The van der Waals surface area contributed by atoms with E-state index in [1.54, 1.807) is 6.08 Å². The Kier molecular flexibility index (Phi) is 5.36. The van der Waals surface area contributed by atoms with Crippen molar-refractivity contribution in [1.82, 2.24) is 10.2 Å². The van der Waals surface area contributed by atoms with Crippen LogP contribution in [0.5, 0.6) is 0 Å². The molecule has 0 aliphatic heterocycles. The summed E-state index contributed by atoms with van der Waals surface area (Å²) in [6.07, 6.45) is -1.96. The second kappa shape index (κ2) is 6.55. The zero-order chi connectivity index (χ0) is 12.7. The molecule has 1 heterocycles. The average Bonchev–Trinajstić information content (AvgIpc) is 2.71. The van der Waals surface area contributed by atoms with E-state index in [-0.39, 0.29) is 5.13 Å². The van der Waals surface area contributed by atoms with E-state index in [0.717, 1.165) is 6.42 Å². The third-order valence-corrected chi connectivity index (χ3v) is 2.58. The van der Waals surface area contributed by atoms with Gasteiger partial charge in [-0.3, -0.25) is 0 Å². The SMILES string of the molecule is C=CCCOCCNc1nnc(C(F)(F)F)s1. The normalized spacial score (nSPS) is 11.5. The van der Waals surface area contributed by atoms with Crippen LogP contribution >= 0.6 is 11.3 Å². The highest BCUT2D eigenvalue weighted by molar-refractivity contribution is 7.15. The van der Waals surface area contributed by atoms with Crippen LogP contribution in [0.4, 0.5) is 18.3 Å². The van der Waals surface area contributed by atoms with Gasteiger partial charge >= 0.3 is 6.18 Å². The Morgan fingerprint density at radius 1 is 1.35 bits per heavy atom. The van der Waals surface area contributed by atoms with Gasteiger partial charge in [-0.2, -0.15) is 13.2 Å². The van der Waals surface area contributed by atoms with Crippen LogP contribution in [0.15, 0.2) is 12.7 Å². The summed E-state index contributed by atoms with van der Waals surface area (Å²) >= 11 is 0.478. The molecule has 17 heavy (non-hydrogen) atoms. The van der Waals surface area contributed by atoms with Crippen LogP contribution in [0.3, 0.4) is 0 Å². The topological polar surface area (TPSA) is 47.0 Å². The van der Waals surface area contributed by atoms with Crippen LogP contribution in [0.2, 0.25) is 0 Å². The van der Waals surface area contributed by atoms with Crippen molar-refractivity contribution < 1.29 is 17.9 Å². The van der Waals surface area contributed by atoms with E-state index < -0.39 is 11.2 Å². The molecule has 1 rings (SSSR count). The first-order valence-corrected chi connectivity index (χ1v) is 5.69. The fourth-order valence-electron chi connectivity index (χ4n) is 0.908. The van der Waals surface area contributed by atoms with E-state index in [0.29, 0.717) is 31.1 Å². The zero-order valence-corrected chi connectivity index (χ0v) is 9.77. The Labute approximate surface area is 101 Å². The van der Waals surface area contributed by atoms with E-state index in [2.05, 4.69) is 22.1 Å². The molecular weight excluding hydrogens is 255 g/mol. The van der Waals surface area contributed by atoms with Gasteiger partial charge in [0.15, 0.2) is 0 Å². The summed E-state index contributed by atoms with van der Waals surface area (Å²) in [7, 11) is 0. The minimum Gasteiger partial charge on any atom is -0.379 e. The molecule has 0 saturated heterocycles. The summed E-state index contributed by atoms with van der Waals surface area (Å²) in [5.74, 6) is 0. The molecule has 0 unspecified atom stereocenters. The van der Waals surface area contributed by atoms with Crippen LogP contribution in [0.25, 0.3) is 0 Å². The first-order valence-electron chi connectivity index (χ1n) is 4.87. The molecule has 0 fully saturated rings. The van der Waals surface area contributed by atoms with Crippen molar-refractivity contribution in [2.45, 2.75) is 12.6 Å². The summed E-state index contributed by atoms with van der Waals surface area (Å²) in [4.78, 5) is 0. The Balaban J connectivity index is 2.24. The van der Waals surface area contributed by atoms with Gasteiger partial charge in [0, 0.05) is 6.54 Å². The van der Waals surface area contributed by atoms with Gasteiger partial charge in [-0.15, -0.1) is 16.8 Å². The number of nitrogens with zero attached hydrogens (tertiary/aromatic N) is 2. The van der Waals surface area contributed by atoms with Gasteiger partial charge in [0.25, 0.3) is 0 Å². The summed E-state index contributed by atoms with van der Waals surface area (Å²) in [5.41, 5.74) is 0. The van der Waals surface area contributed by atoms with Gasteiger partial charge in [-0.25, -0.2) is 0 Å². The maximum atomic E-state index is 12.2. The molecule has 96 valence electrons. The van der Waals surface area contributed by atoms with Crippen LogP contribution < -0.4 is 5.32 Å². The maximum absolute atomic E-state index is 12.2. The monoisotopic (exact) mass is 267 g/mol. The van der Waals surface area contributed by atoms with Crippen LogP contribution in [-0.2, 0) is 10.9 Å². The number of aromatic nitrogens is 2. The highest BCUT2D eigenvalue weighted by Crippen LogP contribution is 2.32. The highest BCUT2D eigenvalue weighted by atomic mass is 32.1. The average molecular weight is 267 g/mol. The van der Waals surface area contributed by atoms with E-state index in [9.17, 15) is 13.2 Å². The molecule has 0 bridgehead atoms. The predicted molar refractivity (Wildman–Crippen MR) is 59.0 cm³/mol. The lowest BCUT2D eigenvalue weighted by molar-refractivity contribution is -0.138. The fraction of sp³-hybridized carbons (Fsp3) is 0.556. The van der Waals surface area contributed by atoms with E-state index in [1.807, 2.05) is 0 Å². The molecule has 8 heteroatoms. The Bertz CT molecular complexity index is 354. The van der Waals surface area contributed by atoms with Gasteiger partial charge in [0.05, 0.1) is 13.2 Å². The van der Waals surface area contributed by atoms with Crippen LogP contribution in [0, 0.1) is 0 Å².